The normalized spacial score (nSPS) is 22.0. The number of amidine groups is 1. The lowest BCUT2D eigenvalue weighted by molar-refractivity contribution is -0.142. The van der Waals surface area contributed by atoms with Crippen LogP contribution >= 0.6 is 0 Å². The van der Waals surface area contributed by atoms with Gasteiger partial charge >= 0.3 is 0 Å². The summed E-state index contributed by atoms with van der Waals surface area (Å²) in [5, 5.41) is 11.7. The van der Waals surface area contributed by atoms with Gasteiger partial charge in [-0.3, -0.25) is 4.79 Å². The van der Waals surface area contributed by atoms with Gasteiger partial charge in [0, 0.05) is 18.2 Å². The van der Waals surface area contributed by atoms with E-state index in [1.165, 1.54) is 12.1 Å². The fourth-order valence-corrected chi connectivity index (χ4v) is 3.15. The first-order chi connectivity index (χ1) is 11.9. The smallest absolute Gasteiger partial charge is 0.231 e. The van der Waals surface area contributed by atoms with E-state index in [0.717, 1.165) is 12.8 Å². The average Bonchev–Trinajstić information content (AvgIpc) is 3.39. The summed E-state index contributed by atoms with van der Waals surface area (Å²) in [6, 6.07) is 2.50. The predicted octanol–water partition coefficient (Wildman–Crippen LogP) is 1.46. The molecule has 1 atom stereocenters. The van der Waals surface area contributed by atoms with E-state index >= 15 is 0 Å². The van der Waals surface area contributed by atoms with Gasteiger partial charge in [-0.05, 0) is 31.9 Å². The molecule has 1 aliphatic carbocycles. The van der Waals surface area contributed by atoms with E-state index < -0.39 is 11.2 Å². The number of fused-ring (bicyclic) bond motifs is 1. The molecule has 0 saturated heterocycles. The highest BCUT2D eigenvalue weighted by Gasteiger charge is 2.52. The average molecular weight is 351 g/mol. The van der Waals surface area contributed by atoms with Crippen LogP contribution in [0.25, 0.3) is 0 Å². The Hall–Kier alpha value is -2.35. The number of nitrogens with two attached hydrogens (primary N) is 1. The zero-order chi connectivity index (χ0) is 18.2. The van der Waals surface area contributed by atoms with Crippen molar-refractivity contribution in [1.82, 2.24) is 4.90 Å². The van der Waals surface area contributed by atoms with Crippen molar-refractivity contribution in [2.24, 2.45) is 16.3 Å². The summed E-state index contributed by atoms with van der Waals surface area (Å²) < 4.78 is 25.5. The number of oxime groups is 1. The van der Waals surface area contributed by atoms with E-state index in [1.807, 2.05) is 6.92 Å². The van der Waals surface area contributed by atoms with Crippen LogP contribution in [0.5, 0.6) is 5.75 Å². The predicted molar refractivity (Wildman–Crippen MR) is 88.0 cm³/mol. The van der Waals surface area contributed by atoms with Crippen molar-refractivity contribution in [2.75, 3.05) is 20.3 Å². The number of carbonyl (C=O) groups excluding carboxylic acids is 1. The van der Waals surface area contributed by atoms with Gasteiger partial charge in [0.25, 0.3) is 0 Å². The van der Waals surface area contributed by atoms with Crippen molar-refractivity contribution in [3.63, 3.8) is 0 Å². The van der Waals surface area contributed by atoms with E-state index in [9.17, 15) is 9.18 Å². The van der Waals surface area contributed by atoms with Crippen LogP contribution in [0.3, 0.4) is 0 Å². The molecule has 3 rings (SSSR count). The largest absolute Gasteiger partial charge is 0.491 e. The van der Waals surface area contributed by atoms with E-state index in [-0.39, 0.29) is 36.5 Å². The van der Waals surface area contributed by atoms with Gasteiger partial charge in [0.2, 0.25) is 5.91 Å². The van der Waals surface area contributed by atoms with E-state index in [4.69, 9.17) is 20.4 Å². The summed E-state index contributed by atoms with van der Waals surface area (Å²) in [5.74, 6) is -0.478. The molecule has 1 heterocycles. The molecule has 1 saturated carbocycles. The molecule has 1 amide bonds. The van der Waals surface area contributed by atoms with Crippen LogP contribution in [-0.4, -0.2) is 48.2 Å². The van der Waals surface area contributed by atoms with E-state index in [1.54, 1.807) is 12.0 Å². The molecule has 0 bridgehead atoms. The third-order valence-corrected chi connectivity index (χ3v) is 4.89. The summed E-state index contributed by atoms with van der Waals surface area (Å²) in [6.07, 6.45) is 1.56. The number of rotatable bonds is 4. The van der Waals surface area contributed by atoms with Crippen LogP contribution in [0.1, 0.15) is 30.9 Å². The van der Waals surface area contributed by atoms with Gasteiger partial charge in [0.1, 0.15) is 18.2 Å². The summed E-state index contributed by atoms with van der Waals surface area (Å²) >= 11 is 0. The van der Waals surface area contributed by atoms with Crippen LogP contribution in [0, 0.1) is 11.2 Å². The van der Waals surface area contributed by atoms with Gasteiger partial charge in [0.15, 0.2) is 5.84 Å². The van der Waals surface area contributed by atoms with Gasteiger partial charge < -0.3 is 25.3 Å². The molecular formula is C17H22FN3O4. The summed E-state index contributed by atoms with van der Waals surface area (Å²) in [6.45, 7) is 2.59. The molecule has 1 aliphatic heterocycles. The molecule has 1 fully saturated rings. The number of halogens is 1. The maximum absolute atomic E-state index is 14.6. The van der Waals surface area contributed by atoms with Crippen molar-refractivity contribution in [3.8, 4) is 5.75 Å². The van der Waals surface area contributed by atoms with Crippen molar-refractivity contribution in [3.05, 3.63) is 29.1 Å². The lowest BCUT2D eigenvalue weighted by atomic mass is 10.0. The van der Waals surface area contributed by atoms with E-state index in [0.29, 0.717) is 17.9 Å². The first-order valence-electron chi connectivity index (χ1n) is 8.15. The fourth-order valence-electron chi connectivity index (χ4n) is 3.15. The number of ether oxygens (including phenoxy) is 2. The number of benzene rings is 1. The molecule has 8 heteroatoms. The lowest BCUT2D eigenvalue weighted by Crippen LogP contribution is -2.45. The number of hydrogen-bond donors (Lipinski definition) is 2. The Labute approximate surface area is 145 Å². The first kappa shape index (κ1) is 17.5. The quantitative estimate of drug-likeness (QED) is 0.370. The zero-order valence-corrected chi connectivity index (χ0v) is 14.3. The topological polar surface area (TPSA) is 97.4 Å². The third kappa shape index (κ3) is 3.13. The SMILES string of the molecule is COCC1(C(=O)N2Cc3c(F)cc(C(N)=NO)cc3OC[C@@H]2C)CC1. The Morgan fingerprint density at radius 1 is 1.56 bits per heavy atom. The maximum Gasteiger partial charge on any atom is 0.231 e. The van der Waals surface area contributed by atoms with Crippen molar-refractivity contribution >= 4 is 11.7 Å². The van der Waals surface area contributed by atoms with E-state index in [2.05, 4.69) is 5.16 Å². The molecule has 3 N–H and O–H groups in total. The Morgan fingerprint density at radius 2 is 2.28 bits per heavy atom. The molecule has 25 heavy (non-hydrogen) atoms. The molecule has 0 aromatic heterocycles. The molecule has 0 radical (unpaired) electrons. The summed E-state index contributed by atoms with van der Waals surface area (Å²) in [5.41, 5.74) is 5.57. The maximum atomic E-state index is 14.6. The zero-order valence-electron chi connectivity index (χ0n) is 14.3. The van der Waals surface area contributed by atoms with Crippen LogP contribution in [0.2, 0.25) is 0 Å². The van der Waals surface area contributed by atoms with Gasteiger partial charge in [-0.15, -0.1) is 0 Å². The second kappa shape index (κ2) is 6.51. The highest BCUT2D eigenvalue weighted by atomic mass is 19.1. The van der Waals surface area contributed by atoms with Crippen molar-refractivity contribution < 1.29 is 23.9 Å². The Kier molecular flexibility index (Phi) is 4.55. The molecule has 2 aliphatic rings. The lowest BCUT2D eigenvalue weighted by Gasteiger charge is -2.30. The molecule has 0 unspecified atom stereocenters. The highest BCUT2D eigenvalue weighted by Crippen LogP contribution is 2.48. The molecule has 136 valence electrons. The van der Waals surface area contributed by atoms with Crippen molar-refractivity contribution in [1.29, 1.82) is 0 Å². The van der Waals surface area contributed by atoms with Crippen LogP contribution in [0.15, 0.2) is 17.3 Å². The minimum atomic E-state index is -0.553. The fraction of sp³-hybridized carbons (Fsp3) is 0.529. The standard InChI is InChI=1S/C17H22FN3O4/c1-10-8-25-14-6-11(15(19)20-23)5-13(18)12(14)7-21(10)16(22)17(3-4-17)9-24-2/h5-6,10,23H,3-4,7-9H2,1-2H3,(H2,19,20)/t10-/m0/s1. The van der Waals surface area contributed by atoms with Gasteiger partial charge in [-0.2, -0.15) is 0 Å². The summed E-state index contributed by atoms with van der Waals surface area (Å²) in [7, 11) is 1.58. The number of amides is 1. The highest BCUT2D eigenvalue weighted by molar-refractivity contribution is 5.97. The monoisotopic (exact) mass is 351 g/mol. The number of carbonyl (C=O) groups is 1. The van der Waals surface area contributed by atoms with Crippen LogP contribution < -0.4 is 10.5 Å². The van der Waals surface area contributed by atoms with Gasteiger partial charge in [0.05, 0.1) is 24.6 Å². The number of methoxy groups -OCH3 is 1. The Bertz CT molecular complexity index is 718. The minimum absolute atomic E-state index is 0.0294. The Balaban J connectivity index is 1.93. The van der Waals surface area contributed by atoms with Crippen LogP contribution in [0.4, 0.5) is 4.39 Å². The minimum Gasteiger partial charge on any atom is -0.491 e. The van der Waals surface area contributed by atoms with Gasteiger partial charge in [-0.1, -0.05) is 5.16 Å². The molecule has 7 nitrogen and oxygen atoms in total. The Morgan fingerprint density at radius 3 is 2.88 bits per heavy atom. The second-order valence-corrected chi connectivity index (χ2v) is 6.73. The summed E-state index contributed by atoms with van der Waals surface area (Å²) in [4.78, 5) is 14.6. The second-order valence-electron chi connectivity index (χ2n) is 6.73. The molecule has 1 aromatic rings. The van der Waals surface area contributed by atoms with Crippen molar-refractivity contribution in [2.45, 2.75) is 32.4 Å². The van der Waals surface area contributed by atoms with Gasteiger partial charge in [-0.25, -0.2) is 4.39 Å². The third-order valence-electron chi connectivity index (χ3n) is 4.89. The first-order valence-corrected chi connectivity index (χ1v) is 8.15. The molecule has 1 aromatic carbocycles. The molecule has 0 spiro atoms. The molecular weight excluding hydrogens is 329 g/mol. The number of nitrogens with zero attached hydrogens (tertiary/aromatic N) is 2. The number of hydrogen-bond acceptors (Lipinski definition) is 5. The van der Waals surface area contributed by atoms with Crippen LogP contribution in [-0.2, 0) is 16.1 Å².